The number of nitrogens with zero attached hydrogens (tertiary/aromatic N) is 2. The minimum atomic E-state index is -0.229. The standard InChI is InChI=1S/C18H16N2O2/c1-12-8-10-15(11-9-12)20-17(13(2)21)18(22)16(19-20)14-6-4-3-5-7-14/h3-11,22H,1-2H3. The van der Waals surface area contributed by atoms with E-state index in [4.69, 9.17) is 0 Å². The molecule has 0 amide bonds. The van der Waals surface area contributed by atoms with Crippen LogP contribution < -0.4 is 0 Å². The Kier molecular flexibility index (Phi) is 3.51. The van der Waals surface area contributed by atoms with E-state index in [1.807, 2.05) is 61.5 Å². The molecule has 0 radical (unpaired) electrons. The Balaban J connectivity index is 2.22. The fourth-order valence-electron chi connectivity index (χ4n) is 2.39. The highest BCUT2D eigenvalue weighted by Crippen LogP contribution is 2.33. The molecule has 0 fully saturated rings. The predicted octanol–water partition coefficient (Wildman–Crippen LogP) is 3.76. The highest BCUT2D eigenvalue weighted by atomic mass is 16.3. The van der Waals surface area contributed by atoms with Crippen molar-refractivity contribution in [3.05, 3.63) is 65.9 Å². The summed E-state index contributed by atoms with van der Waals surface area (Å²) in [5.41, 5.74) is 3.24. The summed E-state index contributed by atoms with van der Waals surface area (Å²) in [4.78, 5) is 12.0. The van der Waals surface area contributed by atoms with E-state index in [9.17, 15) is 9.90 Å². The number of carbonyl (C=O) groups is 1. The maximum atomic E-state index is 12.0. The Morgan fingerprint density at radius 1 is 1.05 bits per heavy atom. The number of benzene rings is 2. The van der Waals surface area contributed by atoms with Crippen molar-refractivity contribution in [2.75, 3.05) is 0 Å². The molecule has 0 spiro atoms. The molecule has 0 bridgehead atoms. The van der Waals surface area contributed by atoms with Crippen molar-refractivity contribution in [2.24, 2.45) is 0 Å². The largest absolute Gasteiger partial charge is 0.504 e. The molecule has 0 saturated heterocycles. The van der Waals surface area contributed by atoms with Crippen LogP contribution in [0.25, 0.3) is 16.9 Å². The van der Waals surface area contributed by atoms with Gasteiger partial charge in [0.1, 0.15) is 5.69 Å². The van der Waals surface area contributed by atoms with Gasteiger partial charge in [-0.15, -0.1) is 0 Å². The SMILES string of the molecule is CC(=O)c1c(O)c(-c2ccccc2)nn1-c1ccc(C)cc1. The lowest BCUT2D eigenvalue weighted by Crippen LogP contribution is -2.06. The number of Topliss-reactive ketones (excluding diaryl/α,β-unsaturated/α-hetero) is 1. The van der Waals surface area contributed by atoms with Gasteiger partial charge in [0.15, 0.2) is 17.2 Å². The van der Waals surface area contributed by atoms with Crippen LogP contribution in [0, 0.1) is 6.92 Å². The van der Waals surface area contributed by atoms with E-state index in [-0.39, 0.29) is 17.2 Å². The third kappa shape index (κ3) is 2.39. The predicted molar refractivity (Wildman–Crippen MR) is 85.4 cm³/mol. The number of aromatic nitrogens is 2. The van der Waals surface area contributed by atoms with Crippen LogP contribution in [0.3, 0.4) is 0 Å². The zero-order chi connectivity index (χ0) is 15.7. The van der Waals surface area contributed by atoms with Crippen molar-refractivity contribution in [3.63, 3.8) is 0 Å². The van der Waals surface area contributed by atoms with Gasteiger partial charge in [-0.3, -0.25) is 4.79 Å². The topological polar surface area (TPSA) is 55.1 Å². The zero-order valence-corrected chi connectivity index (χ0v) is 12.4. The normalized spacial score (nSPS) is 10.6. The van der Waals surface area contributed by atoms with Gasteiger partial charge in [-0.2, -0.15) is 5.10 Å². The van der Waals surface area contributed by atoms with Crippen LogP contribution in [0.4, 0.5) is 0 Å². The first-order chi connectivity index (χ1) is 10.6. The molecule has 4 nitrogen and oxygen atoms in total. The number of hydrogen-bond donors (Lipinski definition) is 1. The Labute approximate surface area is 128 Å². The first-order valence-corrected chi connectivity index (χ1v) is 7.03. The molecule has 1 N–H and O–H groups in total. The molecule has 2 aromatic carbocycles. The summed E-state index contributed by atoms with van der Waals surface area (Å²) >= 11 is 0. The summed E-state index contributed by atoms with van der Waals surface area (Å²) in [6.45, 7) is 3.42. The van der Waals surface area contributed by atoms with Gasteiger partial charge in [0, 0.05) is 12.5 Å². The fourth-order valence-corrected chi connectivity index (χ4v) is 2.39. The molecule has 0 saturated carbocycles. The average molecular weight is 292 g/mol. The molecule has 0 unspecified atom stereocenters. The highest BCUT2D eigenvalue weighted by Gasteiger charge is 2.22. The van der Waals surface area contributed by atoms with Gasteiger partial charge in [-0.05, 0) is 19.1 Å². The molecule has 110 valence electrons. The van der Waals surface area contributed by atoms with Crippen molar-refractivity contribution in [1.82, 2.24) is 9.78 Å². The molecule has 0 aliphatic rings. The van der Waals surface area contributed by atoms with Crippen LogP contribution in [0.5, 0.6) is 5.75 Å². The summed E-state index contributed by atoms with van der Waals surface area (Å²) in [7, 11) is 0. The first-order valence-electron chi connectivity index (χ1n) is 7.03. The summed E-state index contributed by atoms with van der Waals surface area (Å²) in [5.74, 6) is -0.313. The molecule has 0 atom stereocenters. The van der Waals surface area contributed by atoms with Gasteiger partial charge in [0.2, 0.25) is 0 Å². The third-order valence-electron chi connectivity index (χ3n) is 3.52. The van der Waals surface area contributed by atoms with E-state index in [1.54, 1.807) is 0 Å². The van der Waals surface area contributed by atoms with Gasteiger partial charge in [-0.1, -0.05) is 48.0 Å². The lowest BCUT2D eigenvalue weighted by Gasteiger charge is -2.05. The van der Waals surface area contributed by atoms with Crippen molar-refractivity contribution in [1.29, 1.82) is 0 Å². The minimum absolute atomic E-state index is 0.0840. The van der Waals surface area contributed by atoms with E-state index in [2.05, 4.69) is 5.10 Å². The summed E-state index contributed by atoms with van der Waals surface area (Å²) in [6, 6.07) is 17.0. The second kappa shape index (κ2) is 5.48. The van der Waals surface area contributed by atoms with E-state index >= 15 is 0 Å². The quantitative estimate of drug-likeness (QED) is 0.748. The smallest absolute Gasteiger partial charge is 0.182 e. The molecule has 1 aromatic heterocycles. The third-order valence-corrected chi connectivity index (χ3v) is 3.52. The number of hydrogen-bond acceptors (Lipinski definition) is 3. The van der Waals surface area contributed by atoms with Gasteiger partial charge < -0.3 is 5.11 Å². The molecular formula is C18H16N2O2. The fraction of sp³-hybridized carbons (Fsp3) is 0.111. The zero-order valence-electron chi connectivity index (χ0n) is 12.4. The van der Waals surface area contributed by atoms with Crippen LogP contribution in [-0.4, -0.2) is 20.7 Å². The van der Waals surface area contributed by atoms with E-state index in [0.717, 1.165) is 16.8 Å². The number of aromatic hydroxyl groups is 1. The van der Waals surface area contributed by atoms with Crippen LogP contribution in [0.2, 0.25) is 0 Å². The second-order valence-corrected chi connectivity index (χ2v) is 5.22. The van der Waals surface area contributed by atoms with Crippen LogP contribution in [-0.2, 0) is 0 Å². The molecule has 4 heteroatoms. The molecule has 1 heterocycles. The first kappa shape index (κ1) is 14.1. The Morgan fingerprint density at radius 2 is 1.68 bits per heavy atom. The molecule has 3 rings (SSSR count). The summed E-state index contributed by atoms with van der Waals surface area (Å²) < 4.78 is 1.50. The molecule has 3 aromatic rings. The minimum Gasteiger partial charge on any atom is -0.504 e. The summed E-state index contributed by atoms with van der Waals surface area (Å²) in [6.07, 6.45) is 0. The van der Waals surface area contributed by atoms with Crippen LogP contribution in [0.1, 0.15) is 23.0 Å². The Morgan fingerprint density at radius 3 is 2.27 bits per heavy atom. The molecule has 0 aliphatic heterocycles. The van der Waals surface area contributed by atoms with E-state index in [1.165, 1.54) is 11.6 Å². The van der Waals surface area contributed by atoms with Gasteiger partial charge in [0.25, 0.3) is 0 Å². The number of rotatable bonds is 3. The van der Waals surface area contributed by atoms with E-state index in [0.29, 0.717) is 5.69 Å². The maximum absolute atomic E-state index is 12.0. The number of aryl methyl sites for hydroxylation is 1. The van der Waals surface area contributed by atoms with Gasteiger partial charge >= 0.3 is 0 Å². The molecule has 22 heavy (non-hydrogen) atoms. The summed E-state index contributed by atoms with van der Waals surface area (Å²) in [5, 5.41) is 14.9. The lowest BCUT2D eigenvalue weighted by atomic mass is 10.1. The lowest BCUT2D eigenvalue weighted by molar-refractivity contribution is 0.100. The highest BCUT2D eigenvalue weighted by molar-refractivity contribution is 5.97. The van der Waals surface area contributed by atoms with Crippen LogP contribution >= 0.6 is 0 Å². The van der Waals surface area contributed by atoms with Gasteiger partial charge in [0.05, 0.1) is 5.69 Å². The number of ketones is 1. The van der Waals surface area contributed by atoms with Crippen molar-refractivity contribution < 1.29 is 9.90 Å². The van der Waals surface area contributed by atoms with Gasteiger partial charge in [-0.25, -0.2) is 4.68 Å². The van der Waals surface area contributed by atoms with Crippen molar-refractivity contribution in [2.45, 2.75) is 13.8 Å². The van der Waals surface area contributed by atoms with Crippen molar-refractivity contribution >= 4 is 5.78 Å². The monoisotopic (exact) mass is 292 g/mol. The van der Waals surface area contributed by atoms with Crippen molar-refractivity contribution in [3.8, 4) is 22.7 Å². The Hall–Kier alpha value is -2.88. The average Bonchev–Trinajstić information content (AvgIpc) is 2.86. The van der Waals surface area contributed by atoms with E-state index < -0.39 is 0 Å². The molecular weight excluding hydrogens is 276 g/mol. The van der Waals surface area contributed by atoms with Crippen LogP contribution in [0.15, 0.2) is 54.6 Å². The second-order valence-electron chi connectivity index (χ2n) is 5.22. The Bertz CT molecular complexity index is 818. The number of carbonyl (C=O) groups excluding carboxylic acids is 1. The maximum Gasteiger partial charge on any atom is 0.182 e. The molecule has 0 aliphatic carbocycles.